The van der Waals surface area contributed by atoms with Crippen molar-refractivity contribution in [1.82, 2.24) is 25.7 Å². The first-order chi connectivity index (χ1) is 20.0. The molecule has 0 aliphatic heterocycles. The number of para-hydroxylation sites is 1. The highest BCUT2D eigenvalue weighted by atomic mass is 16.5. The Hall–Kier alpha value is -4.54. The molecule has 0 saturated heterocycles. The Kier molecular flexibility index (Phi) is 11.0. The zero-order valence-corrected chi connectivity index (χ0v) is 23.3. The van der Waals surface area contributed by atoms with Crippen LogP contribution in [0.15, 0.2) is 89.5 Å². The number of hydrogen-bond acceptors (Lipinski definition) is 8. The molecule has 2 N–H and O–H groups in total. The summed E-state index contributed by atoms with van der Waals surface area (Å²) in [4.78, 5) is 31.5. The second-order valence-electron chi connectivity index (χ2n) is 9.42. The molecule has 2 amide bonds. The van der Waals surface area contributed by atoms with Crippen LogP contribution in [0.25, 0.3) is 11.1 Å². The fraction of sp³-hybridized carbons (Fsp3) is 0.290. The molecule has 0 bridgehead atoms. The van der Waals surface area contributed by atoms with Crippen LogP contribution in [0.1, 0.15) is 26.9 Å². The van der Waals surface area contributed by atoms with Crippen molar-refractivity contribution >= 4 is 11.8 Å². The molecule has 10 nitrogen and oxygen atoms in total. The number of carbonyl (C=O) groups is 2. The maximum absolute atomic E-state index is 12.7. The molecule has 0 aliphatic rings. The molecule has 1 heterocycles. The van der Waals surface area contributed by atoms with E-state index in [4.69, 9.17) is 14.0 Å². The Labute approximate surface area is 239 Å². The zero-order valence-electron chi connectivity index (χ0n) is 23.3. The molecule has 0 fully saturated rings. The highest BCUT2D eigenvalue weighted by molar-refractivity contribution is 5.94. The van der Waals surface area contributed by atoms with Gasteiger partial charge in [-0.1, -0.05) is 65.8 Å². The summed E-state index contributed by atoms with van der Waals surface area (Å²) in [5.74, 6) is 0.292. The van der Waals surface area contributed by atoms with Crippen LogP contribution in [0, 0.1) is 0 Å². The Morgan fingerprint density at radius 1 is 0.902 bits per heavy atom. The largest absolute Gasteiger partial charge is 0.492 e. The topological polar surface area (TPSA) is 119 Å². The van der Waals surface area contributed by atoms with E-state index in [0.29, 0.717) is 38.3 Å². The average molecular weight is 558 g/mol. The molecular formula is C31H35N5O5. The summed E-state index contributed by atoms with van der Waals surface area (Å²) >= 11 is 0. The van der Waals surface area contributed by atoms with Crippen LogP contribution in [0.5, 0.6) is 5.75 Å². The van der Waals surface area contributed by atoms with Gasteiger partial charge in [0.15, 0.2) is 0 Å². The number of rotatable bonds is 15. The lowest BCUT2D eigenvalue weighted by Crippen LogP contribution is -2.46. The molecule has 10 heteroatoms. The lowest BCUT2D eigenvalue weighted by Gasteiger charge is -2.28. The number of carbonyl (C=O) groups excluding carboxylic acids is 2. The third-order valence-electron chi connectivity index (χ3n) is 6.51. The fourth-order valence-electron chi connectivity index (χ4n) is 4.04. The molecule has 214 valence electrons. The molecule has 0 aliphatic carbocycles. The van der Waals surface area contributed by atoms with Crippen molar-refractivity contribution in [2.45, 2.75) is 12.5 Å². The number of nitrogens with one attached hydrogen (secondary N) is 2. The Bertz CT molecular complexity index is 1360. The van der Waals surface area contributed by atoms with E-state index in [9.17, 15) is 9.59 Å². The number of methoxy groups -OCH3 is 1. The van der Waals surface area contributed by atoms with Gasteiger partial charge in [0.2, 0.25) is 5.89 Å². The standard InChI is InChI=1S/C31H35N5O5/c1-36(19-20-39-2)26(22-40-27-11-7-4-8-12-27)21-33-31(38)29-34-28(41-35-29)17-18-32-30(37)25-15-13-24(14-16-25)23-9-5-3-6-10-23/h3-16,26H,17-22H2,1-2H3,(H,32,37)(H,33,38). The molecule has 41 heavy (non-hydrogen) atoms. The van der Waals surface area contributed by atoms with Gasteiger partial charge < -0.3 is 24.6 Å². The van der Waals surface area contributed by atoms with Gasteiger partial charge in [0, 0.05) is 38.7 Å². The van der Waals surface area contributed by atoms with E-state index in [1.54, 1.807) is 19.2 Å². The second-order valence-corrected chi connectivity index (χ2v) is 9.42. The van der Waals surface area contributed by atoms with E-state index in [2.05, 4.69) is 25.7 Å². The van der Waals surface area contributed by atoms with Crippen molar-refractivity contribution in [3.8, 4) is 16.9 Å². The van der Waals surface area contributed by atoms with Crippen LogP contribution in [-0.4, -0.2) is 79.9 Å². The van der Waals surface area contributed by atoms with E-state index in [0.717, 1.165) is 16.9 Å². The maximum Gasteiger partial charge on any atom is 0.292 e. The molecule has 4 rings (SSSR count). The molecule has 1 atom stereocenters. The van der Waals surface area contributed by atoms with Gasteiger partial charge in [0.05, 0.1) is 12.6 Å². The first kappa shape index (κ1) is 29.4. The van der Waals surface area contributed by atoms with Crippen molar-refractivity contribution in [2.75, 3.05) is 47.0 Å². The lowest BCUT2D eigenvalue weighted by atomic mass is 10.0. The van der Waals surface area contributed by atoms with E-state index in [1.807, 2.05) is 79.8 Å². The monoisotopic (exact) mass is 557 g/mol. The van der Waals surface area contributed by atoms with Gasteiger partial charge in [-0.3, -0.25) is 14.5 Å². The molecule has 0 radical (unpaired) electrons. The van der Waals surface area contributed by atoms with Crippen molar-refractivity contribution in [1.29, 1.82) is 0 Å². The van der Waals surface area contributed by atoms with Gasteiger partial charge in [0.1, 0.15) is 12.4 Å². The summed E-state index contributed by atoms with van der Waals surface area (Å²) in [5, 5.41) is 9.51. The fourth-order valence-corrected chi connectivity index (χ4v) is 4.04. The Morgan fingerprint density at radius 3 is 2.29 bits per heavy atom. The first-order valence-corrected chi connectivity index (χ1v) is 13.4. The second kappa shape index (κ2) is 15.3. The predicted molar refractivity (Wildman–Crippen MR) is 155 cm³/mol. The Balaban J connectivity index is 1.23. The van der Waals surface area contributed by atoms with Gasteiger partial charge in [-0.05, 0) is 42.4 Å². The normalized spacial score (nSPS) is 11.7. The number of ether oxygens (including phenoxy) is 2. The number of benzene rings is 3. The SMILES string of the molecule is COCCN(C)C(CNC(=O)c1noc(CCNC(=O)c2ccc(-c3ccccc3)cc2)n1)COc1ccccc1. The van der Waals surface area contributed by atoms with Gasteiger partial charge >= 0.3 is 0 Å². The molecule has 0 saturated carbocycles. The van der Waals surface area contributed by atoms with Gasteiger partial charge in [-0.25, -0.2) is 0 Å². The molecule has 1 aromatic heterocycles. The van der Waals surface area contributed by atoms with Crippen LogP contribution >= 0.6 is 0 Å². The van der Waals surface area contributed by atoms with Crippen molar-refractivity contribution in [3.05, 3.63) is 102 Å². The van der Waals surface area contributed by atoms with Crippen LogP contribution in [0.2, 0.25) is 0 Å². The highest BCUT2D eigenvalue weighted by Gasteiger charge is 2.20. The van der Waals surface area contributed by atoms with E-state index < -0.39 is 5.91 Å². The molecule has 4 aromatic rings. The van der Waals surface area contributed by atoms with E-state index in [1.165, 1.54) is 0 Å². The molecule has 0 spiro atoms. The summed E-state index contributed by atoms with van der Waals surface area (Å²) in [6, 6.07) is 26.8. The summed E-state index contributed by atoms with van der Waals surface area (Å²) < 4.78 is 16.3. The Morgan fingerprint density at radius 2 is 1.59 bits per heavy atom. The smallest absolute Gasteiger partial charge is 0.292 e. The predicted octanol–water partition coefficient (Wildman–Crippen LogP) is 3.46. The zero-order chi connectivity index (χ0) is 28.9. The summed E-state index contributed by atoms with van der Waals surface area (Å²) in [5.41, 5.74) is 2.68. The van der Waals surface area contributed by atoms with Gasteiger partial charge in [-0.2, -0.15) is 4.98 Å². The van der Waals surface area contributed by atoms with Crippen molar-refractivity contribution in [3.63, 3.8) is 0 Å². The molecular weight excluding hydrogens is 522 g/mol. The minimum Gasteiger partial charge on any atom is -0.492 e. The van der Waals surface area contributed by atoms with E-state index in [-0.39, 0.29) is 30.2 Å². The number of amides is 2. The highest BCUT2D eigenvalue weighted by Crippen LogP contribution is 2.19. The first-order valence-electron chi connectivity index (χ1n) is 13.4. The minimum atomic E-state index is -0.451. The van der Waals surface area contributed by atoms with Gasteiger partial charge in [-0.15, -0.1) is 0 Å². The number of likely N-dealkylation sites (N-methyl/N-ethyl adjacent to an activating group) is 1. The third kappa shape index (κ3) is 8.99. The van der Waals surface area contributed by atoms with Crippen LogP contribution in [0.4, 0.5) is 0 Å². The van der Waals surface area contributed by atoms with Crippen molar-refractivity contribution < 1.29 is 23.6 Å². The maximum atomic E-state index is 12.7. The third-order valence-corrected chi connectivity index (χ3v) is 6.51. The number of hydrogen-bond donors (Lipinski definition) is 2. The quantitative estimate of drug-likeness (QED) is 0.228. The van der Waals surface area contributed by atoms with Gasteiger partial charge in [0.25, 0.3) is 17.6 Å². The van der Waals surface area contributed by atoms with Crippen LogP contribution < -0.4 is 15.4 Å². The lowest BCUT2D eigenvalue weighted by molar-refractivity contribution is 0.0881. The minimum absolute atomic E-state index is 0.0647. The molecule has 1 unspecified atom stereocenters. The van der Waals surface area contributed by atoms with Crippen LogP contribution in [-0.2, 0) is 11.2 Å². The summed E-state index contributed by atoms with van der Waals surface area (Å²) in [7, 11) is 3.59. The average Bonchev–Trinajstić information content (AvgIpc) is 3.50. The van der Waals surface area contributed by atoms with Crippen LogP contribution in [0.3, 0.4) is 0 Å². The summed E-state index contributed by atoms with van der Waals surface area (Å²) in [6.07, 6.45) is 0.293. The number of nitrogens with zero attached hydrogens (tertiary/aromatic N) is 3. The molecule has 3 aromatic carbocycles. The van der Waals surface area contributed by atoms with E-state index >= 15 is 0 Å². The number of aromatic nitrogens is 2. The summed E-state index contributed by atoms with van der Waals surface area (Å²) in [6.45, 7) is 2.19. The van der Waals surface area contributed by atoms with Crippen molar-refractivity contribution in [2.24, 2.45) is 0 Å².